The van der Waals surface area contributed by atoms with Gasteiger partial charge in [-0.25, -0.2) is 14.1 Å². The van der Waals surface area contributed by atoms with Crippen molar-refractivity contribution in [3.8, 4) is 22.6 Å². The number of nitrogens with zero attached hydrogens (tertiary/aromatic N) is 5. The van der Waals surface area contributed by atoms with E-state index in [-0.39, 0.29) is 11.7 Å². The van der Waals surface area contributed by atoms with E-state index < -0.39 is 0 Å². The summed E-state index contributed by atoms with van der Waals surface area (Å²) in [5.41, 5.74) is 2.66. The van der Waals surface area contributed by atoms with Crippen LogP contribution >= 0.6 is 11.3 Å². The van der Waals surface area contributed by atoms with Crippen LogP contribution in [0.15, 0.2) is 53.9 Å². The molecule has 4 aromatic rings. The summed E-state index contributed by atoms with van der Waals surface area (Å²) in [6, 6.07) is 13.1. The number of rotatable bonds is 4. The minimum atomic E-state index is -0.305. The molecule has 0 saturated heterocycles. The van der Waals surface area contributed by atoms with Crippen LogP contribution in [0.5, 0.6) is 0 Å². The van der Waals surface area contributed by atoms with E-state index in [1.807, 2.05) is 11.4 Å². The Labute approximate surface area is 157 Å². The number of nitrogens with one attached hydrogen (secondary N) is 1. The molecule has 7 nitrogen and oxygen atoms in total. The normalized spacial score (nSPS) is 10.7. The van der Waals surface area contributed by atoms with Gasteiger partial charge in [0, 0.05) is 29.1 Å². The Bertz CT molecular complexity index is 1110. The zero-order chi connectivity index (χ0) is 18.8. The van der Waals surface area contributed by atoms with Crippen LogP contribution in [-0.4, -0.2) is 31.1 Å². The van der Waals surface area contributed by atoms with E-state index >= 15 is 0 Å². The quantitative estimate of drug-likeness (QED) is 0.587. The molecule has 0 fully saturated rings. The van der Waals surface area contributed by atoms with Gasteiger partial charge in [0.1, 0.15) is 5.82 Å². The first kappa shape index (κ1) is 17.0. The summed E-state index contributed by atoms with van der Waals surface area (Å²) < 4.78 is 14.6. The molecule has 0 unspecified atom stereocenters. The van der Waals surface area contributed by atoms with Crippen LogP contribution in [0.2, 0.25) is 0 Å². The summed E-state index contributed by atoms with van der Waals surface area (Å²) in [7, 11) is 1.73. The SMILES string of the molecule is Cn1nnnc1-c1cccc(C(=O)Nc2nc(-c3ccc(F)cc3)cs2)c1. The zero-order valence-electron chi connectivity index (χ0n) is 14.1. The molecule has 4 rings (SSSR count). The Morgan fingerprint density at radius 1 is 1.15 bits per heavy atom. The fourth-order valence-corrected chi connectivity index (χ4v) is 3.24. The van der Waals surface area contributed by atoms with E-state index in [1.54, 1.807) is 37.4 Å². The van der Waals surface area contributed by atoms with Crippen molar-refractivity contribution in [3.05, 3.63) is 65.3 Å². The summed E-state index contributed by atoms with van der Waals surface area (Å²) in [6.07, 6.45) is 0. The van der Waals surface area contributed by atoms with Crippen molar-refractivity contribution in [1.82, 2.24) is 25.2 Å². The zero-order valence-corrected chi connectivity index (χ0v) is 14.9. The first-order chi connectivity index (χ1) is 13.1. The largest absolute Gasteiger partial charge is 0.298 e. The molecule has 27 heavy (non-hydrogen) atoms. The first-order valence-electron chi connectivity index (χ1n) is 7.96. The predicted octanol–water partition coefficient (Wildman–Crippen LogP) is 3.39. The van der Waals surface area contributed by atoms with Gasteiger partial charge >= 0.3 is 0 Å². The summed E-state index contributed by atoms with van der Waals surface area (Å²) in [5.74, 6) is -0.0232. The van der Waals surface area contributed by atoms with Crippen molar-refractivity contribution in [3.63, 3.8) is 0 Å². The molecule has 0 radical (unpaired) electrons. The molecule has 2 aromatic heterocycles. The molecular formula is C18H13FN6OS. The summed E-state index contributed by atoms with van der Waals surface area (Å²) in [6.45, 7) is 0. The van der Waals surface area contributed by atoms with Gasteiger partial charge < -0.3 is 0 Å². The van der Waals surface area contributed by atoms with E-state index in [4.69, 9.17) is 0 Å². The Kier molecular flexibility index (Phi) is 4.43. The number of aryl methyl sites for hydroxylation is 1. The van der Waals surface area contributed by atoms with Crippen LogP contribution in [0.4, 0.5) is 9.52 Å². The Morgan fingerprint density at radius 2 is 1.96 bits per heavy atom. The molecule has 1 N–H and O–H groups in total. The van der Waals surface area contributed by atoms with E-state index in [0.29, 0.717) is 22.2 Å². The Hall–Kier alpha value is -3.46. The lowest BCUT2D eigenvalue weighted by molar-refractivity contribution is 0.102. The molecule has 2 aromatic carbocycles. The second-order valence-corrected chi connectivity index (χ2v) is 6.56. The lowest BCUT2D eigenvalue weighted by atomic mass is 10.1. The molecule has 2 heterocycles. The van der Waals surface area contributed by atoms with Crippen LogP contribution in [-0.2, 0) is 7.05 Å². The summed E-state index contributed by atoms with van der Waals surface area (Å²) in [5, 5.41) is 16.4. The topological polar surface area (TPSA) is 85.6 Å². The Balaban J connectivity index is 1.53. The highest BCUT2D eigenvalue weighted by Crippen LogP contribution is 2.25. The molecular weight excluding hydrogens is 367 g/mol. The number of anilines is 1. The van der Waals surface area contributed by atoms with E-state index in [0.717, 1.165) is 11.1 Å². The highest BCUT2D eigenvalue weighted by atomic mass is 32.1. The number of carbonyl (C=O) groups is 1. The standard InChI is InChI=1S/C18H13FN6OS/c1-25-16(22-23-24-25)12-3-2-4-13(9-12)17(26)21-18-20-15(10-27-18)11-5-7-14(19)8-6-11/h2-10H,1H3,(H,20,21,26). The summed E-state index contributed by atoms with van der Waals surface area (Å²) >= 11 is 1.30. The third-order valence-electron chi connectivity index (χ3n) is 3.87. The fraction of sp³-hybridized carbons (Fsp3) is 0.0556. The van der Waals surface area contributed by atoms with Crippen LogP contribution in [0.3, 0.4) is 0 Å². The molecule has 9 heteroatoms. The average Bonchev–Trinajstić information content (AvgIpc) is 3.31. The lowest BCUT2D eigenvalue weighted by Gasteiger charge is -2.04. The van der Waals surface area contributed by atoms with Gasteiger partial charge in [-0.15, -0.1) is 16.4 Å². The van der Waals surface area contributed by atoms with Gasteiger partial charge in [0.25, 0.3) is 5.91 Å². The van der Waals surface area contributed by atoms with Crippen molar-refractivity contribution in [2.24, 2.45) is 7.05 Å². The number of thiazole rings is 1. The van der Waals surface area contributed by atoms with Crippen LogP contribution in [0, 0.1) is 5.82 Å². The van der Waals surface area contributed by atoms with Crippen LogP contribution < -0.4 is 5.32 Å². The minimum absolute atomic E-state index is 0.285. The highest BCUT2D eigenvalue weighted by Gasteiger charge is 2.13. The number of aromatic nitrogens is 5. The van der Waals surface area contributed by atoms with Gasteiger partial charge in [-0.3, -0.25) is 10.1 Å². The van der Waals surface area contributed by atoms with E-state index in [9.17, 15) is 9.18 Å². The van der Waals surface area contributed by atoms with Gasteiger partial charge in [0.15, 0.2) is 11.0 Å². The van der Waals surface area contributed by atoms with E-state index in [2.05, 4.69) is 25.8 Å². The number of hydrogen-bond acceptors (Lipinski definition) is 6. The number of hydrogen-bond donors (Lipinski definition) is 1. The average molecular weight is 380 g/mol. The van der Waals surface area contributed by atoms with Crippen LogP contribution in [0.1, 0.15) is 10.4 Å². The first-order valence-corrected chi connectivity index (χ1v) is 8.84. The van der Waals surface area contributed by atoms with Crippen molar-refractivity contribution in [2.45, 2.75) is 0 Å². The predicted molar refractivity (Wildman–Crippen MR) is 99.7 cm³/mol. The molecule has 0 spiro atoms. The molecule has 134 valence electrons. The van der Waals surface area contributed by atoms with E-state index in [1.165, 1.54) is 28.2 Å². The molecule has 0 aliphatic rings. The minimum Gasteiger partial charge on any atom is -0.298 e. The number of tetrazole rings is 1. The maximum absolute atomic E-state index is 13.0. The lowest BCUT2D eigenvalue weighted by Crippen LogP contribution is -2.11. The number of amides is 1. The van der Waals surface area contributed by atoms with Gasteiger partial charge in [-0.2, -0.15) is 0 Å². The van der Waals surface area contributed by atoms with Crippen molar-refractivity contribution in [1.29, 1.82) is 0 Å². The monoisotopic (exact) mass is 380 g/mol. The number of carbonyl (C=O) groups excluding carboxylic acids is 1. The van der Waals surface area contributed by atoms with Gasteiger partial charge in [-0.05, 0) is 46.8 Å². The highest BCUT2D eigenvalue weighted by molar-refractivity contribution is 7.14. The maximum atomic E-state index is 13.0. The van der Waals surface area contributed by atoms with Crippen molar-refractivity contribution in [2.75, 3.05) is 5.32 Å². The second kappa shape index (κ2) is 7.04. The molecule has 1 amide bonds. The Morgan fingerprint density at radius 3 is 2.70 bits per heavy atom. The molecule has 0 atom stereocenters. The summed E-state index contributed by atoms with van der Waals surface area (Å²) in [4.78, 5) is 16.9. The smallest absolute Gasteiger partial charge is 0.257 e. The molecule has 0 aliphatic carbocycles. The van der Waals surface area contributed by atoms with Crippen molar-refractivity contribution >= 4 is 22.4 Å². The number of benzene rings is 2. The van der Waals surface area contributed by atoms with Gasteiger partial charge in [0.2, 0.25) is 0 Å². The third kappa shape index (κ3) is 3.58. The maximum Gasteiger partial charge on any atom is 0.257 e. The van der Waals surface area contributed by atoms with Crippen molar-refractivity contribution < 1.29 is 9.18 Å². The third-order valence-corrected chi connectivity index (χ3v) is 4.63. The van der Waals surface area contributed by atoms with Gasteiger partial charge in [-0.1, -0.05) is 12.1 Å². The number of halogens is 1. The fourth-order valence-electron chi connectivity index (χ4n) is 2.53. The second-order valence-electron chi connectivity index (χ2n) is 5.71. The molecule has 0 saturated carbocycles. The molecule has 0 bridgehead atoms. The molecule has 0 aliphatic heterocycles. The van der Waals surface area contributed by atoms with Crippen LogP contribution in [0.25, 0.3) is 22.6 Å². The van der Waals surface area contributed by atoms with Gasteiger partial charge in [0.05, 0.1) is 5.69 Å².